The number of aryl methyl sites for hydroxylation is 2. The third-order valence-electron chi connectivity index (χ3n) is 3.91. The minimum atomic E-state index is 0. The van der Waals surface area contributed by atoms with E-state index in [1.807, 2.05) is 44.5 Å². The van der Waals surface area contributed by atoms with Crippen molar-refractivity contribution in [3.8, 4) is 0 Å². The van der Waals surface area contributed by atoms with Crippen LogP contribution in [-0.2, 0) is 11.2 Å². The lowest BCUT2D eigenvalue weighted by Crippen LogP contribution is -2.45. The fourth-order valence-corrected chi connectivity index (χ4v) is 3.33. The zero-order valence-corrected chi connectivity index (χ0v) is 19.9. The Morgan fingerprint density at radius 2 is 1.96 bits per heavy atom. The molecule has 0 saturated heterocycles. The topological polar surface area (TPSA) is 60.8 Å². The minimum Gasteiger partial charge on any atom is -0.357 e. The number of hydrogen-bond donors (Lipinski definition) is 1. The number of unbranched alkanes of at least 4 members (excludes halogenated alkanes) is 1. The number of carbonyl (C=O) groups excluding carboxylic acids is 1. The van der Waals surface area contributed by atoms with Crippen LogP contribution in [0.4, 0.5) is 0 Å². The van der Waals surface area contributed by atoms with E-state index in [0.717, 1.165) is 57.1 Å². The summed E-state index contributed by atoms with van der Waals surface area (Å²) in [7, 11) is 1.92. The molecular weight excluding hydrogens is 461 g/mol. The first-order chi connectivity index (χ1) is 12.0. The molecular formula is C18H34IN5OS. The molecule has 0 aliphatic carbocycles. The molecule has 0 unspecified atom stereocenters. The summed E-state index contributed by atoms with van der Waals surface area (Å²) in [5.41, 5.74) is 1.10. The Kier molecular flexibility index (Phi) is 13.7. The standard InChI is InChI=1S/C18H33N5OS.HI/c1-6-19-18(22(5)13-17(24)23(7-2)8-3)20-12-10-9-11-16-21-15(4)14-25-16;/h14H,6-13H2,1-5H3,(H,19,20);1H. The molecule has 6 nitrogen and oxygen atoms in total. The molecule has 0 aromatic carbocycles. The zero-order valence-electron chi connectivity index (χ0n) is 16.7. The van der Waals surface area contributed by atoms with Gasteiger partial charge in [0.15, 0.2) is 5.96 Å². The number of nitrogens with one attached hydrogen (secondary N) is 1. The number of hydrogen-bond acceptors (Lipinski definition) is 4. The molecule has 0 fully saturated rings. The highest BCUT2D eigenvalue weighted by atomic mass is 127. The van der Waals surface area contributed by atoms with Crippen molar-refractivity contribution in [1.82, 2.24) is 20.1 Å². The lowest BCUT2D eigenvalue weighted by Gasteiger charge is -2.25. The monoisotopic (exact) mass is 495 g/mol. The number of thiazole rings is 1. The van der Waals surface area contributed by atoms with Gasteiger partial charge in [-0.2, -0.15) is 0 Å². The molecule has 1 aromatic heterocycles. The lowest BCUT2D eigenvalue weighted by molar-refractivity contribution is -0.131. The highest BCUT2D eigenvalue weighted by Gasteiger charge is 2.14. The Labute approximate surface area is 179 Å². The van der Waals surface area contributed by atoms with Gasteiger partial charge in [-0.15, -0.1) is 35.3 Å². The van der Waals surface area contributed by atoms with Crippen LogP contribution < -0.4 is 5.32 Å². The van der Waals surface area contributed by atoms with Crippen LogP contribution in [0.5, 0.6) is 0 Å². The highest BCUT2D eigenvalue weighted by Crippen LogP contribution is 2.11. The van der Waals surface area contributed by atoms with E-state index in [-0.39, 0.29) is 29.9 Å². The first-order valence-electron chi connectivity index (χ1n) is 9.19. The molecule has 1 aromatic rings. The molecule has 1 amide bonds. The lowest BCUT2D eigenvalue weighted by atomic mass is 10.2. The van der Waals surface area contributed by atoms with Crippen LogP contribution in [0.1, 0.15) is 44.3 Å². The molecule has 0 atom stereocenters. The number of likely N-dealkylation sites (N-methyl/N-ethyl adjacent to an activating group) is 2. The molecule has 150 valence electrons. The minimum absolute atomic E-state index is 0. The van der Waals surface area contributed by atoms with Crippen molar-refractivity contribution in [2.24, 2.45) is 4.99 Å². The van der Waals surface area contributed by atoms with Gasteiger partial charge in [-0.3, -0.25) is 9.79 Å². The number of aliphatic imine (C=N–C) groups is 1. The van der Waals surface area contributed by atoms with Gasteiger partial charge in [-0.1, -0.05) is 0 Å². The van der Waals surface area contributed by atoms with Crippen molar-refractivity contribution < 1.29 is 4.79 Å². The van der Waals surface area contributed by atoms with E-state index in [1.165, 1.54) is 5.01 Å². The summed E-state index contributed by atoms with van der Waals surface area (Å²) in [6.45, 7) is 11.5. The van der Waals surface area contributed by atoms with Gasteiger partial charge in [0.25, 0.3) is 0 Å². The van der Waals surface area contributed by atoms with E-state index in [1.54, 1.807) is 11.3 Å². The fraction of sp³-hybridized carbons (Fsp3) is 0.722. The summed E-state index contributed by atoms with van der Waals surface area (Å²) in [5.74, 6) is 0.936. The second kappa shape index (κ2) is 14.2. The van der Waals surface area contributed by atoms with Crippen LogP contribution in [0.3, 0.4) is 0 Å². The number of aromatic nitrogens is 1. The Hall–Kier alpha value is -0.900. The van der Waals surface area contributed by atoms with Gasteiger partial charge < -0.3 is 15.1 Å². The number of halogens is 1. The van der Waals surface area contributed by atoms with E-state index in [4.69, 9.17) is 0 Å². The van der Waals surface area contributed by atoms with E-state index >= 15 is 0 Å². The predicted molar refractivity (Wildman–Crippen MR) is 122 cm³/mol. The van der Waals surface area contributed by atoms with Gasteiger partial charge in [0.2, 0.25) is 5.91 Å². The molecule has 0 spiro atoms. The summed E-state index contributed by atoms with van der Waals surface area (Å²) in [6, 6.07) is 0. The van der Waals surface area contributed by atoms with Crippen LogP contribution in [0.15, 0.2) is 10.4 Å². The Morgan fingerprint density at radius 1 is 1.27 bits per heavy atom. The summed E-state index contributed by atoms with van der Waals surface area (Å²) >= 11 is 1.73. The second-order valence-corrected chi connectivity index (χ2v) is 6.94. The van der Waals surface area contributed by atoms with Crippen molar-refractivity contribution in [1.29, 1.82) is 0 Å². The quantitative estimate of drug-likeness (QED) is 0.235. The van der Waals surface area contributed by atoms with Gasteiger partial charge in [-0.05, 0) is 47.0 Å². The number of guanidine groups is 1. The molecule has 0 bridgehead atoms. The molecule has 1 heterocycles. The molecule has 1 N–H and O–H groups in total. The number of rotatable bonds is 10. The van der Waals surface area contributed by atoms with Crippen LogP contribution in [0.2, 0.25) is 0 Å². The third-order valence-corrected chi connectivity index (χ3v) is 4.94. The molecule has 26 heavy (non-hydrogen) atoms. The summed E-state index contributed by atoms with van der Waals surface area (Å²) in [4.78, 5) is 25.2. The van der Waals surface area contributed by atoms with Crippen molar-refractivity contribution in [2.75, 3.05) is 39.8 Å². The van der Waals surface area contributed by atoms with Crippen LogP contribution in [0.25, 0.3) is 0 Å². The molecule has 1 rings (SSSR count). The van der Waals surface area contributed by atoms with Crippen molar-refractivity contribution in [3.05, 3.63) is 16.1 Å². The smallest absolute Gasteiger partial charge is 0.242 e. The SMILES string of the molecule is CCNC(=NCCCCc1nc(C)cs1)N(C)CC(=O)N(CC)CC.I. The summed E-state index contributed by atoms with van der Waals surface area (Å²) < 4.78 is 0. The number of nitrogens with zero attached hydrogens (tertiary/aromatic N) is 4. The van der Waals surface area contributed by atoms with Crippen molar-refractivity contribution >= 4 is 47.2 Å². The van der Waals surface area contributed by atoms with Gasteiger partial charge in [0.1, 0.15) is 0 Å². The molecule has 0 saturated carbocycles. The average molecular weight is 495 g/mol. The average Bonchev–Trinajstić information content (AvgIpc) is 3.00. The van der Waals surface area contributed by atoms with Gasteiger partial charge in [0, 0.05) is 44.3 Å². The zero-order chi connectivity index (χ0) is 18.7. The Bertz CT molecular complexity index is 545. The molecule has 0 aliphatic heterocycles. The normalized spacial score (nSPS) is 11.0. The van der Waals surface area contributed by atoms with Gasteiger partial charge in [0.05, 0.1) is 11.6 Å². The Morgan fingerprint density at radius 3 is 2.50 bits per heavy atom. The summed E-state index contributed by atoms with van der Waals surface area (Å²) in [5, 5.41) is 6.57. The van der Waals surface area contributed by atoms with Gasteiger partial charge in [-0.25, -0.2) is 4.98 Å². The number of amides is 1. The third kappa shape index (κ3) is 9.16. The maximum absolute atomic E-state index is 12.3. The molecule has 8 heteroatoms. The van der Waals surface area contributed by atoms with E-state index < -0.39 is 0 Å². The molecule has 0 radical (unpaired) electrons. The first kappa shape index (κ1) is 25.1. The van der Waals surface area contributed by atoms with Crippen LogP contribution in [-0.4, -0.2) is 66.4 Å². The first-order valence-corrected chi connectivity index (χ1v) is 10.1. The highest BCUT2D eigenvalue weighted by molar-refractivity contribution is 14.0. The molecule has 0 aliphatic rings. The van der Waals surface area contributed by atoms with E-state index in [2.05, 4.69) is 20.7 Å². The predicted octanol–water partition coefficient (Wildman–Crippen LogP) is 3.16. The number of carbonyl (C=O) groups is 1. The van der Waals surface area contributed by atoms with E-state index in [0.29, 0.717) is 6.54 Å². The van der Waals surface area contributed by atoms with Crippen LogP contribution >= 0.6 is 35.3 Å². The fourth-order valence-electron chi connectivity index (χ4n) is 2.51. The van der Waals surface area contributed by atoms with Crippen molar-refractivity contribution in [2.45, 2.75) is 47.0 Å². The van der Waals surface area contributed by atoms with Crippen molar-refractivity contribution in [3.63, 3.8) is 0 Å². The Balaban J connectivity index is 0.00000625. The second-order valence-electron chi connectivity index (χ2n) is 6.00. The van der Waals surface area contributed by atoms with Crippen LogP contribution in [0, 0.1) is 6.92 Å². The largest absolute Gasteiger partial charge is 0.357 e. The summed E-state index contributed by atoms with van der Waals surface area (Å²) in [6.07, 6.45) is 3.12. The van der Waals surface area contributed by atoms with E-state index in [9.17, 15) is 4.79 Å². The maximum atomic E-state index is 12.3. The maximum Gasteiger partial charge on any atom is 0.242 e. The van der Waals surface area contributed by atoms with Gasteiger partial charge >= 0.3 is 0 Å².